The maximum atomic E-state index is 13.0. The molecule has 3 N–H and O–H groups in total. The molecule has 39 heavy (non-hydrogen) atoms. The molecule has 1 heterocycles. The topological polar surface area (TPSA) is 87.3 Å². The van der Waals surface area contributed by atoms with Crippen molar-refractivity contribution in [3.8, 4) is 0 Å². The fraction of sp³-hybridized carbons (Fsp3) is 0.444. The standard InChI is InChI=1S/C23H23Cl2F3N2O3.C4H9NS/c1-13(2)19(21(32)23(26,27)28)30-22(33)20(15-6-4-3-5-7-15)29-18(31)11-9-14-8-10-16(24)17(25)12-14;1-3-6-4-2-5-1/h3-8,10,12-13,19-20H,9,11H2,1-2H3,(H,29,31)(H,30,33);5H,1-4H2/t19-,20?;/m0./s1. The molecule has 2 amide bonds. The second-order valence-corrected chi connectivity index (χ2v) is 11.2. The molecule has 0 aliphatic carbocycles. The number of hydrogen-bond acceptors (Lipinski definition) is 5. The zero-order chi connectivity index (χ0) is 29.0. The van der Waals surface area contributed by atoms with Crippen LogP contribution in [0.5, 0.6) is 0 Å². The molecule has 214 valence electrons. The van der Waals surface area contributed by atoms with Crippen LogP contribution in [-0.4, -0.2) is 54.4 Å². The van der Waals surface area contributed by atoms with Crippen molar-refractivity contribution < 1.29 is 27.6 Å². The molecule has 0 bridgehead atoms. The number of nitrogens with one attached hydrogen (secondary N) is 3. The van der Waals surface area contributed by atoms with E-state index in [9.17, 15) is 27.6 Å². The molecule has 1 unspecified atom stereocenters. The largest absolute Gasteiger partial charge is 0.452 e. The number of carbonyl (C=O) groups is 3. The summed E-state index contributed by atoms with van der Waals surface area (Å²) in [5, 5.41) is 8.68. The number of halogens is 5. The van der Waals surface area contributed by atoms with E-state index in [1.165, 1.54) is 38.4 Å². The summed E-state index contributed by atoms with van der Waals surface area (Å²) in [6.45, 7) is 5.21. The normalized spacial score (nSPS) is 15.0. The molecule has 1 aliphatic heterocycles. The van der Waals surface area contributed by atoms with Gasteiger partial charge in [0.05, 0.1) is 16.1 Å². The van der Waals surface area contributed by atoms with Gasteiger partial charge in [-0.05, 0) is 35.6 Å². The molecular formula is C27H32Cl2F3N3O3S. The van der Waals surface area contributed by atoms with Crippen molar-refractivity contribution in [2.24, 2.45) is 5.92 Å². The lowest BCUT2D eigenvalue weighted by molar-refractivity contribution is -0.175. The van der Waals surface area contributed by atoms with Gasteiger partial charge in [-0.1, -0.05) is 73.4 Å². The van der Waals surface area contributed by atoms with E-state index in [1.807, 2.05) is 11.8 Å². The van der Waals surface area contributed by atoms with Crippen LogP contribution in [0.1, 0.15) is 37.4 Å². The quantitative estimate of drug-likeness (QED) is 0.357. The first kappa shape index (κ1) is 32.9. The average molecular weight is 607 g/mol. The Morgan fingerprint density at radius 3 is 2.10 bits per heavy atom. The lowest BCUT2D eigenvalue weighted by Gasteiger charge is -2.26. The number of carbonyl (C=O) groups excluding carboxylic acids is 3. The summed E-state index contributed by atoms with van der Waals surface area (Å²) in [7, 11) is 0. The number of aryl methyl sites for hydroxylation is 1. The minimum Gasteiger partial charge on any atom is -0.344 e. The van der Waals surface area contributed by atoms with Crippen LogP contribution in [-0.2, 0) is 20.8 Å². The molecule has 0 saturated carbocycles. The van der Waals surface area contributed by atoms with Crippen LogP contribution in [0.15, 0.2) is 48.5 Å². The van der Waals surface area contributed by atoms with E-state index in [0.29, 0.717) is 22.0 Å². The summed E-state index contributed by atoms with van der Waals surface area (Å²) < 4.78 is 38.9. The van der Waals surface area contributed by atoms with Crippen molar-refractivity contribution in [3.05, 3.63) is 69.7 Å². The van der Waals surface area contributed by atoms with E-state index in [0.717, 1.165) is 5.56 Å². The summed E-state index contributed by atoms with van der Waals surface area (Å²) in [6.07, 6.45) is -4.82. The van der Waals surface area contributed by atoms with Crippen molar-refractivity contribution in [1.29, 1.82) is 0 Å². The highest BCUT2D eigenvalue weighted by Crippen LogP contribution is 2.24. The lowest BCUT2D eigenvalue weighted by atomic mass is 9.98. The fourth-order valence-electron chi connectivity index (χ4n) is 3.60. The second kappa shape index (κ2) is 16.1. The molecule has 12 heteroatoms. The van der Waals surface area contributed by atoms with Gasteiger partial charge in [-0.25, -0.2) is 0 Å². The Morgan fingerprint density at radius 1 is 0.974 bits per heavy atom. The van der Waals surface area contributed by atoms with E-state index in [2.05, 4.69) is 16.0 Å². The summed E-state index contributed by atoms with van der Waals surface area (Å²) >= 11 is 13.9. The molecule has 2 atom stereocenters. The number of rotatable bonds is 9. The number of amides is 2. The number of benzene rings is 2. The molecule has 6 nitrogen and oxygen atoms in total. The summed E-state index contributed by atoms with van der Waals surface area (Å²) in [6, 6.07) is 9.91. The van der Waals surface area contributed by atoms with Gasteiger partial charge in [0.2, 0.25) is 11.8 Å². The number of ketones is 1. The molecule has 0 aromatic heterocycles. The van der Waals surface area contributed by atoms with E-state index in [1.54, 1.807) is 48.5 Å². The van der Waals surface area contributed by atoms with Crippen molar-refractivity contribution in [2.45, 2.75) is 44.9 Å². The van der Waals surface area contributed by atoms with Crippen molar-refractivity contribution >= 4 is 52.6 Å². The highest BCUT2D eigenvalue weighted by atomic mass is 35.5. The van der Waals surface area contributed by atoms with E-state index < -0.39 is 41.8 Å². The summed E-state index contributed by atoms with van der Waals surface area (Å²) in [5.74, 6) is -1.68. The monoisotopic (exact) mass is 605 g/mol. The Balaban J connectivity index is 0.000000780. The molecule has 2 aromatic carbocycles. The molecule has 0 radical (unpaired) electrons. The van der Waals surface area contributed by atoms with Gasteiger partial charge in [0.1, 0.15) is 6.04 Å². The van der Waals surface area contributed by atoms with Gasteiger partial charge in [0, 0.05) is 31.0 Å². The third-order valence-electron chi connectivity index (χ3n) is 5.70. The first-order valence-corrected chi connectivity index (χ1v) is 14.3. The Hall–Kier alpha value is -2.27. The fourth-order valence-corrected chi connectivity index (χ4v) is 4.70. The van der Waals surface area contributed by atoms with Crippen molar-refractivity contribution in [3.63, 3.8) is 0 Å². The average Bonchev–Trinajstić information content (AvgIpc) is 2.91. The summed E-state index contributed by atoms with van der Waals surface area (Å²) in [5.41, 5.74) is 1.11. The molecule has 1 saturated heterocycles. The van der Waals surface area contributed by atoms with E-state index >= 15 is 0 Å². The lowest BCUT2D eigenvalue weighted by Crippen LogP contribution is -2.52. The van der Waals surface area contributed by atoms with Crippen LogP contribution in [0, 0.1) is 5.92 Å². The van der Waals surface area contributed by atoms with Crippen molar-refractivity contribution in [1.82, 2.24) is 16.0 Å². The second-order valence-electron chi connectivity index (χ2n) is 9.11. The van der Waals surface area contributed by atoms with Gasteiger partial charge in [0.15, 0.2) is 0 Å². The molecule has 2 aromatic rings. The minimum atomic E-state index is -5.10. The molecule has 1 aliphatic rings. The van der Waals surface area contributed by atoms with Gasteiger partial charge < -0.3 is 16.0 Å². The Morgan fingerprint density at radius 2 is 1.62 bits per heavy atom. The van der Waals surface area contributed by atoms with Gasteiger partial charge in [0.25, 0.3) is 5.78 Å². The van der Waals surface area contributed by atoms with Crippen LogP contribution in [0.3, 0.4) is 0 Å². The Labute approximate surface area is 240 Å². The zero-order valence-electron chi connectivity index (χ0n) is 21.6. The SMILES string of the molecule is C1CSCCN1.CC(C)[C@H](NC(=O)C(NC(=O)CCc1ccc(Cl)c(Cl)c1)c1ccccc1)C(=O)C(F)(F)F. The molecular weight excluding hydrogens is 574 g/mol. The number of hydrogen-bond donors (Lipinski definition) is 3. The highest BCUT2D eigenvalue weighted by molar-refractivity contribution is 7.99. The first-order valence-electron chi connectivity index (χ1n) is 12.4. The van der Waals surface area contributed by atoms with Gasteiger partial charge in [-0.15, -0.1) is 0 Å². The first-order chi connectivity index (χ1) is 18.4. The predicted octanol–water partition coefficient (Wildman–Crippen LogP) is 5.38. The van der Waals surface area contributed by atoms with Gasteiger partial charge in [-0.2, -0.15) is 24.9 Å². The minimum absolute atomic E-state index is 0.0103. The maximum Gasteiger partial charge on any atom is 0.452 e. The zero-order valence-corrected chi connectivity index (χ0v) is 23.9. The number of Topliss-reactive ketones (excluding diaryl/α,β-unsaturated/α-hetero) is 1. The van der Waals surface area contributed by atoms with E-state index in [4.69, 9.17) is 23.2 Å². The predicted molar refractivity (Wildman–Crippen MR) is 150 cm³/mol. The summed E-state index contributed by atoms with van der Waals surface area (Å²) in [4.78, 5) is 37.3. The number of alkyl halides is 3. The van der Waals surface area contributed by atoms with Gasteiger partial charge in [-0.3, -0.25) is 14.4 Å². The maximum absolute atomic E-state index is 13.0. The van der Waals surface area contributed by atoms with Crippen LogP contribution >= 0.6 is 35.0 Å². The van der Waals surface area contributed by atoms with Crippen LogP contribution in [0.25, 0.3) is 0 Å². The van der Waals surface area contributed by atoms with Crippen LogP contribution < -0.4 is 16.0 Å². The molecule has 3 rings (SSSR count). The third kappa shape index (κ3) is 11.4. The Bertz CT molecular complexity index is 1090. The van der Waals surface area contributed by atoms with Crippen LogP contribution in [0.2, 0.25) is 10.0 Å². The highest BCUT2D eigenvalue weighted by Gasteiger charge is 2.45. The Kier molecular flexibility index (Phi) is 13.6. The van der Waals surface area contributed by atoms with Crippen LogP contribution in [0.4, 0.5) is 13.2 Å². The molecule has 1 fully saturated rings. The van der Waals surface area contributed by atoms with Gasteiger partial charge >= 0.3 is 6.18 Å². The number of thioether (sulfide) groups is 1. The smallest absolute Gasteiger partial charge is 0.344 e. The third-order valence-corrected chi connectivity index (χ3v) is 7.42. The van der Waals surface area contributed by atoms with E-state index in [-0.39, 0.29) is 6.42 Å². The van der Waals surface area contributed by atoms with Crippen molar-refractivity contribution in [2.75, 3.05) is 24.6 Å². The molecule has 0 spiro atoms.